The van der Waals surface area contributed by atoms with Crippen molar-refractivity contribution in [1.82, 2.24) is 9.35 Å². The highest BCUT2D eigenvalue weighted by atomic mass is 15.8. The third kappa shape index (κ3) is 2.38. The van der Waals surface area contributed by atoms with Crippen LogP contribution in [0.25, 0.3) is 32.3 Å². The second-order valence-electron chi connectivity index (χ2n) is 8.23. The molecule has 0 amide bonds. The summed E-state index contributed by atoms with van der Waals surface area (Å²) in [6.45, 7) is 4.55. The van der Waals surface area contributed by atoms with Crippen molar-refractivity contribution >= 4 is 38.0 Å². The van der Waals surface area contributed by atoms with Crippen molar-refractivity contribution in [2.45, 2.75) is 19.8 Å². The Bertz CT molecular complexity index is 1420. The van der Waals surface area contributed by atoms with Gasteiger partial charge in [0.25, 0.3) is 0 Å². The molecule has 0 fully saturated rings. The van der Waals surface area contributed by atoms with E-state index < -0.39 is 0 Å². The molecule has 6 aromatic rings. The van der Waals surface area contributed by atoms with Gasteiger partial charge in [0.1, 0.15) is 0 Å². The molecular formula is C27H23N3. The summed E-state index contributed by atoms with van der Waals surface area (Å²) in [6, 6.07) is 26.4. The van der Waals surface area contributed by atoms with Crippen molar-refractivity contribution in [3.05, 3.63) is 103 Å². The number of anilines is 1. The monoisotopic (exact) mass is 389 g/mol. The molecule has 0 N–H and O–H groups in total. The summed E-state index contributed by atoms with van der Waals surface area (Å²) < 4.78 is 4.23. The van der Waals surface area contributed by atoms with E-state index in [2.05, 4.69) is 126 Å². The molecule has 0 radical (unpaired) electrons. The average molecular weight is 390 g/mol. The molecule has 146 valence electrons. The van der Waals surface area contributed by atoms with Crippen molar-refractivity contribution < 1.29 is 0 Å². The van der Waals surface area contributed by atoms with E-state index in [1.807, 2.05) is 0 Å². The molecule has 0 unspecified atom stereocenters. The summed E-state index contributed by atoms with van der Waals surface area (Å²) in [4.78, 5) is 0. The highest BCUT2D eigenvalue weighted by Gasteiger charge is 2.18. The van der Waals surface area contributed by atoms with Gasteiger partial charge in [0.05, 0.1) is 5.69 Å². The third-order valence-electron chi connectivity index (χ3n) is 6.13. The van der Waals surface area contributed by atoms with E-state index in [-0.39, 0.29) is 0 Å². The van der Waals surface area contributed by atoms with Gasteiger partial charge in [0.2, 0.25) is 0 Å². The van der Waals surface area contributed by atoms with Gasteiger partial charge < -0.3 is 0 Å². The normalized spacial score (nSPS) is 12.0. The lowest BCUT2D eigenvalue weighted by molar-refractivity contribution is 0.612. The fourth-order valence-corrected chi connectivity index (χ4v) is 4.76. The molecule has 0 spiro atoms. The van der Waals surface area contributed by atoms with E-state index in [4.69, 9.17) is 0 Å². The molecule has 0 atom stereocenters. The first kappa shape index (κ1) is 17.2. The second-order valence-corrected chi connectivity index (χ2v) is 8.23. The fraction of sp³-hybridized carbons (Fsp3) is 0.111. The van der Waals surface area contributed by atoms with E-state index in [0.29, 0.717) is 5.92 Å². The molecule has 0 saturated heterocycles. The summed E-state index contributed by atoms with van der Waals surface area (Å²) in [5.41, 5.74) is 2.56. The molecule has 0 aliphatic carbocycles. The Kier molecular flexibility index (Phi) is 3.66. The summed E-state index contributed by atoms with van der Waals surface area (Å²) in [6.07, 6.45) is 8.31. The molecule has 0 aliphatic heterocycles. The summed E-state index contributed by atoms with van der Waals surface area (Å²) in [7, 11) is 0. The van der Waals surface area contributed by atoms with Crippen molar-refractivity contribution in [2.24, 2.45) is 0 Å². The Hall–Kier alpha value is -3.72. The van der Waals surface area contributed by atoms with Crippen LogP contribution in [0.4, 0.5) is 5.69 Å². The van der Waals surface area contributed by atoms with Gasteiger partial charge in [0.15, 0.2) is 0 Å². The number of aromatic nitrogens is 2. The zero-order chi connectivity index (χ0) is 20.2. The smallest absolute Gasteiger partial charge is 0.0902 e. The van der Waals surface area contributed by atoms with Gasteiger partial charge >= 0.3 is 0 Å². The Morgan fingerprint density at radius 3 is 1.70 bits per heavy atom. The maximum absolute atomic E-state index is 2.30. The minimum absolute atomic E-state index is 0.491. The van der Waals surface area contributed by atoms with Crippen LogP contribution in [-0.4, -0.2) is 9.35 Å². The molecule has 2 heterocycles. The first-order valence-electron chi connectivity index (χ1n) is 10.5. The van der Waals surface area contributed by atoms with Crippen LogP contribution < -0.4 is 5.12 Å². The number of nitrogens with zero attached hydrogens (tertiary/aromatic N) is 3. The van der Waals surface area contributed by atoms with Crippen LogP contribution in [0.15, 0.2) is 97.6 Å². The lowest BCUT2D eigenvalue weighted by Gasteiger charge is -2.29. The van der Waals surface area contributed by atoms with Gasteiger partial charge in [-0.2, -0.15) is 5.12 Å². The minimum atomic E-state index is 0.491. The Balaban J connectivity index is 1.73. The minimum Gasteiger partial charge on any atom is -0.249 e. The van der Waals surface area contributed by atoms with E-state index in [0.717, 1.165) is 5.69 Å². The molecule has 3 heteroatoms. The van der Waals surface area contributed by atoms with E-state index in [9.17, 15) is 0 Å². The Morgan fingerprint density at radius 2 is 1.10 bits per heavy atom. The SMILES string of the molecule is CC(C)c1ccc2ccc3c(N(n4cccc4)n4cccc4)ccc4ccc1c2c43. The van der Waals surface area contributed by atoms with E-state index in [1.165, 1.54) is 37.9 Å². The largest absolute Gasteiger partial charge is 0.249 e. The van der Waals surface area contributed by atoms with Crippen LogP contribution >= 0.6 is 0 Å². The quantitative estimate of drug-likeness (QED) is 0.295. The van der Waals surface area contributed by atoms with Crippen molar-refractivity contribution in [2.75, 3.05) is 5.12 Å². The van der Waals surface area contributed by atoms with E-state index >= 15 is 0 Å². The number of hydrogen-bond acceptors (Lipinski definition) is 1. The summed E-state index contributed by atoms with van der Waals surface area (Å²) in [5, 5.41) is 10.1. The highest BCUT2D eigenvalue weighted by Crippen LogP contribution is 2.41. The highest BCUT2D eigenvalue weighted by molar-refractivity contribution is 6.25. The number of benzene rings is 4. The van der Waals surface area contributed by atoms with Gasteiger partial charge in [-0.25, -0.2) is 9.35 Å². The summed E-state index contributed by atoms with van der Waals surface area (Å²) in [5.74, 6) is 0.491. The molecule has 30 heavy (non-hydrogen) atoms. The lowest BCUT2D eigenvalue weighted by atomic mass is 9.88. The maximum Gasteiger partial charge on any atom is 0.0902 e. The van der Waals surface area contributed by atoms with Gasteiger partial charge in [-0.05, 0) is 68.7 Å². The second kappa shape index (κ2) is 6.39. The number of hydrogen-bond donors (Lipinski definition) is 0. The third-order valence-corrected chi connectivity index (χ3v) is 6.13. The number of rotatable bonds is 4. The summed E-state index contributed by atoms with van der Waals surface area (Å²) >= 11 is 0. The van der Waals surface area contributed by atoms with Crippen molar-refractivity contribution in [3.8, 4) is 0 Å². The predicted molar refractivity (Wildman–Crippen MR) is 126 cm³/mol. The topological polar surface area (TPSA) is 13.1 Å². The van der Waals surface area contributed by atoms with Crippen LogP contribution in [0.1, 0.15) is 25.3 Å². The molecule has 3 nitrogen and oxygen atoms in total. The van der Waals surface area contributed by atoms with Gasteiger partial charge in [-0.15, -0.1) is 0 Å². The molecule has 2 aromatic heterocycles. The van der Waals surface area contributed by atoms with E-state index in [1.54, 1.807) is 0 Å². The van der Waals surface area contributed by atoms with Crippen molar-refractivity contribution in [1.29, 1.82) is 0 Å². The molecular weight excluding hydrogens is 366 g/mol. The first-order chi connectivity index (χ1) is 14.7. The van der Waals surface area contributed by atoms with Crippen LogP contribution in [0.5, 0.6) is 0 Å². The fourth-order valence-electron chi connectivity index (χ4n) is 4.76. The zero-order valence-electron chi connectivity index (χ0n) is 17.2. The molecule has 4 aromatic carbocycles. The van der Waals surface area contributed by atoms with Crippen LogP contribution in [0.2, 0.25) is 0 Å². The van der Waals surface area contributed by atoms with Gasteiger partial charge in [0, 0.05) is 30.2 Å². The van der Waals surface area contributed by atoms with Crippen LogP contribution in [0.3, 0.4) is 0 Å². The maximum atomic E-state index is 2.30. The molecule has 0 saturated carbocycles. The van der Waals surface area contributed by atoms with Gasteiger partial charge in [-0.1, -0.05) is 56.3 Å². The van der Waals surface area contributed by atoms with Gasteiger partial charge in [-0.3, -0.25) is 0 Å². The Morgan fingerprint density at radius 1 is 0.600 bits per heavy atom. The molecule has 0 aliphatic rings. The Labute approximate surface area is 175 Å². The standard InChI is InChI=1S/C27H23N3/c1-19(2)22-11-7-20-9-13-24-25(14-10-21-8-12-23(22)26(20)27(21)24)30(28-15-3-4-16-28)29-17-5-6-18-29/h3-19H,1-2H3. The molecule has 6 rings (SSSR count). The molecule has 0 bridgehead atoms. The first-order valence-corrected chi connectivity index (χ1v) is 10.5. The van der Waals surface area contributed by atoms with Crippen LogP contribution in [-0.2, 0) is 0 Å². The average Bonchev–Trinajstić information content (AvgIpc) is 3.48. The zero-order valence-corrected chi connectivity index (χ0v) is 17.2. The van der Waals surface area contributed by atoms with Crippen LogP contribution in [0, 0.1) is 0 Å². The predicted octanol–water partition coefficient (Wildman–Crippen LogP) is 7.04. The van der Waals surface area contributed by atoms with Crippen molar-refractivity contribution in [3.63, 3.8) is 0 Å². The lowest BCUT2D eigenvalue weighted by Crippen LogP contribution is -2.33.